The van der Waals surface area contributed by atoms with Gasteiger partial charge in [0.15, 0.2) is 0 Å². The Morgan fingerprint density at radius 3 is 2.78 bits per heavy atom. The molecule has 1 heterocycles. The van der Waals surface area contributed by atoms with E-state index in [1.165, 1.54) is 0 Å². The summed E-state index contributed by atoms with van der Waals surface area (Å²) in [7, 11) is 0. The van der Waals surface area contributed by atoms with Crippen molar-refractivity contribution in [3.8, 4) is 0 Å². The first-order valence-electron chi connectivity index (χ1n) is 8.04. The summed E-state index contributed by atoms with van der Waals surface area (Å²) in [5.74, 6) is -0.406. The molecule has 0 bridgehead atoms. The Morgan fingerprint density at radius 2 is 2.09 bits per heavy atom. The molecular weight excluding hydrogens is 316 g/mol. The number of ether oxygens (including phenoxy) is 1. The smallest absolute Gasteiger partial charge is 0.317 e. The first-order valence-corrected chi connectivity index (χ1v) is 8.41. The molecule has 2 amide bonds. The van der Waals surface area contributed by atoms with Crippen LogP contribution in [0.5, 0.6) is 0 Å². The number of esters is 1. The van der Waals surface area contributed by atoms with Crippen LogP contribution in [0.2, 0.25) is 5.02 Å². The van der Waals surface area contributed by atoms with Crippen LogP contribution in [0, 0.1) is 5.92 Å². The highest BCUT2D eigenvalue weighted by atomic mass is 35.5. The Balaban J connectivity index is 1.76. The number of urea groups is 1. The molecule has 0 aliphatic carbocycles. The fourth-order valence-corrected chi connectivity index (χ4v) is 2.82. The van der Waals surface area contributed by atoms with Gasteiger partial charge in [-0.1, -0.05) is 23.7 Å². The van der Waals surface area contributed by atoms with E-state index in [1.54, 1.807) is 11.8 Å². The van der Waals surface area contributed by atoms with Crippen molar-refractivity contribution in [2.45, 2.75) is 26.2 Å². The summed E-state index contributed by atoms with van der Waals surface area (Å²) in [5.41, 5.74) is 1.12. The van der Waals surface area contributed by atoms with E-state index in [1.807, 2.05) is 24.3 Å². The summed E-state index contributed by atoms with van der Waals surface area (Å²) in [5, 5.41) is 3.61. The summed E-state index contributed by atoms with van der Waals surface area (Å²) in [4.78, 5) is 25.7. The van der Waals surface area contributed by atoms with Crippen molar-refractivity contribution in [3.05, 3.63) is 34.9 Å². The van der Waals surface area contributed by atoms with E-state index in [0.717, 1.165) is 24.8 Å². The zero-order chi connectivity index (χ0) is 16.7. The Bertz CT molecular complexity index is 533. The predicted molar refractivity (Wildman–Crippen MR) is 89.5 cm³/mol. The highest BCUT2D eigenvalue weighted by Gasteiger charge is 2.29. The second-order valence-electron chi connectivity index (χ2n) is 5.65. The van der Waals surface area contributed by atoms with Gasteiger partial charge in [0, 0.05) is 24.7 Å². The zero-order valence-corrected chi connectivity index (χ0v) is 14.1. The van der Waals surface area contributed by atoms with Crippen LogP contribution in [0.4, 0.5) is 4.79 Å². The molecule has 1 aliphatic heterocycles. The van der Waals surface area contributed by atoms with E-state index in [4.69, 9.17) is 16.3 Å². The molecule has 0 spiro atoms. The molecule has 1 atom stereocenters. The number of hydrogen-bond acceptors (Lipinski definition) is 3. The maximum absolute atomic E-state index is 12.2. The second-order valence-corrected chi connectivity index (χ2v) is 6.08. The zero-order valence-electron chi connectivity index (χ0n) is 13.4. The Labute approximate surface area is 141 Å². The highest BCUT2D eigenvalue weighted by molar-refractivity contribution is 6.30. The van der Waals surface area contributed by atoms with Gasteiger partial charge in [-0.25, -0.2) is 4.79 Å². The average molecular weight is 339 g/mol. The summed E-state index contributed by atoms with van der Waals surface area (Å²) >= 11 is 5.85. The van der Waals surface area contributed by atoms with E-state index in [-0.39, 0.29) is 17.9 Å². The van der Waals surface area contributed by atoms with Crippen molar-refractivity contribution in [2.24, 2.45) is 5.92 Å². The molecule has 1 aromatic rings. The fraction of sp³-hybridized carbons (Fsp3) is 0.529. The molecule has 0 radical (unpaired) electrons. The molecule has 1 aliphatic rings. The normalized spacial score (nSPS) is 17.7. The molecule has 2 rings (SSSR count). The highest BCUT2D eigenvalue weighted by Crippen LogP contribution is 2.18. The molecule has 1 unspecified atom stereocenters. The standard InChI is InChI=1S/C17H23ClN2O3/c1-2-23-16(21)14-4-3-11-20(12-14)17(22)19-10-9-13-5-7-15(18)8-6-13/h5-8,14H,2-4,9-12H2,1H3,(H,19,22). The average Bonchev–Trinajstić information content (AvgIpc) is 2.57. The number of carbonyl (C=O) groups excluding carboxylic acids is 2. The van der Waals surface area contributed by atoms with Crippen molar-refractivity contribution >= 4 is 23.6 Å². The van der Waals surface area contributed by atoms with E-state index in [0.29, 0.717) is 31.3 Å². The lowest BCUT2D eigenvalue weighted by molar-refractivity contribution is -0.149. The first kappa shape index (κ1) is 17.6. The second kappa shape index (κ2) is 8.77. The molecule has 5 nitrogen and oxygen atoms in total. The predicted octanol–water partition coefficient (Wildman–Crippen LogP) is 2.87. The van der Waals surface area contributed by atoms with Crippen LogP contribution in [-0.2, 0) is 16.0 Å². The van der Waals surface area contributed by atoms with Gasteiger partial charge >= 0.3 is 12.0 Å². The SMILES string of the molecule is CCOC(=O)C1CCCN(C(=O)NCCc2ccc(Cl)cc2)C1. The minimum Gasteiger partial charge on any atom is -0.466 e. The molecule has 1 saturated heterocycles. The summed E-state index contributed by atoms with van der Waals surface area (Å²) in [6.45, 7) is 3.85. The number of rotatable bonds is 5. The Morgan fingerprint density at radius 1 is 1.35 bits per heavy atom. The molecular formula is C17H23ClN2O3. The topological polar surface area (TPSA) is 58.6 Å². The summed E-state index contributed by atoms with van der Waals surface area (Å²) < 4.78 is 5.05. The monoisotopic (exact) mass is 338 g/mol. The van der Waals surface area contributed by atoms with Crippen LogP contribution in [-0.4, -0.2) is 43.1 Å². The minimum atomic E-state index is -0.203. The van der Waals surface area contributed by atoms with E-state index in [2.05, 4.69) is 5.32 Å². The van der Waals surface area contributed by atoms with Crippen LogP contribution in [0.15, 0.2) is 24.3 Å². The number of halogens is 1. The van der Waals surface area contributed by atoms with Gasteiger partial charge in [0.2, 0.25) is 0 Å². The van der Waals surface area contributed by atoms with Crippen LogP contribution in [0.3, 0.4) is 0 Å². The van der Waals surface area contributed by atoms with Gasteiger partial charge in [-0.05, 0) is 43.9 Å². The number of nitrogens with zero attached hydrogens (tertiary/aromatic N) is 1. The number of benzene rings is 1. The number of piperidine rings is 1. The van der Waals surface area contributed by atoms with Gasteiger partial charge in [-0.3, -0.25) is 4.79 Å². The Hall–Kier alpha value is -1.75. The molecule has 0 saturated carbocycles. The number of nitrogens with one attached hydrogen (secondary N) is 1. The number of carbonyl (C=O) groups is 2. The third-order valence-electron chi connectivity index (χ3n) is 3.93. The van der Waals surface area contributed by atoms with Crippen molar-refractivity contribution in [1.82, 2.24) is 10.2 Å². The first-order chi connectivity index (χ1) is 11.1. The quantitative estimate of drug-likeness (QED) is 0.840. The van der Waals surface area contributed by atoms with Crippen LogP contribution in [0.1, 0.15) is 25.3 Å². The molecule has 1 fully saturated rings. The van der Waals surface area contributed by atoms with Crippen molar-refractivity contribution in [2.75, 3.05) is 26.2 Å². The lowest BCUT2D eigenvalue weighted by Crippen LogP contribution is -2.47. The van der Waals surface area contributed by atoms with E-state index >= 15 is 0 Å². The van der Waals surface area contributed by atoms with E-state index < -0.39 is 0 Å². The lowest BCUT2D eigenvalue weighted by atomic mass is 9.98. The molecule has 23 heavy (non-hydrogen) atoms. The molecule has 0 aromatic heterocycles. The maximum Gasteiger partial charge on any atom is 0.317 e. The molecule has 1 aromatic carbocycles. The minimum absolute atomic E-state index is 0.118. The van der Waals surface area contributed by atoms with Crippen LogP contribution in [0.25, 0.3) is 0 Å². The Kier molecular flexibility index (Phi) is 6.71. The summed E-state index contributed by atoms with van der Waals surface area (Å²) in [6.07, 6.45) is 2.36. The molecule has 6 heteroatoms. The summed E-state index contributed by atoms with van der Waals surface area (Å²) in [6, 6.07) is 7.46. The molecule has 126 valence electrons. The largest absolute Gasteiger partial charge is 0.466 e. The van der Waals surface area contributed by atoms with Crippen LogP contribution >= 0.6 is 11.6 Å². The van der Waals surface area contributed by atoms with Crippen molar-refractivity contribution in [1.29, 1.82) is 0 Å². The fourth-order valence-electron chi connectivity index (χ4n) is 2.69. The number of likely N-dealkylation sites (tertiary alicyclic amines) is 1. The number of hydrogen-bond donors (Lipinski definition) is 1. The van der Waals surface area contributed by atoms with E-state index in [9.17, 15) is 9.59 Å². The maximum atomic E-state index is 12.2. The van der Waals surface area contributed by atoms with Crippen molar-refractivity contribution < 1.29 is 14.3 Å². The van der Waals surface area contributed by atoms with Gasteiger partial charge in [0.05, 0.1) is 12.5 Å². The van der Waals surface area contributed by atoms with Gasteiger partial charge in [0.25, 0.3) is 0 Å². The van der Waals surface area contributed by atoms with Crippen molar-refractivity contribution in [3.63, 3.8) is 0 Å². The van der Waals surface area contributed by atoms with Gasteiger partial charge < -0.3 is 15.0 Å². The number of amides is 2. The van der Waals surface area contributed by atoms with Crippen LogP contribution < -0.4 is 5.32 Å². The lowest BCUT2D eigenvalue weighted by Gasteiger charge is -2.31. The molecule has 1 N–H and O–H groups in total. The third-order valence-corrected chi connectivity index (χ3v) is 4.18. The van der Waals surface area contributed by atoms with Gasteiger partial charge in [-0.15, -0.1) is 0 Å². The van der Waals surface area contributed by atoms with Gasteiger partial charge in [-0.2, -0.15) is 0 Å². The van der Waals surface area contributed by atoms with Gasteiger partial charge in [0.1, 0.15) is 0 Å². The third kappa shape index (κ3) is 5.43.